The van der Waals surface area contributed by atoms with E-state index in [0.717, 1.165) is 111 Å². The summed E-state index contributed by atoms with van der Waals surface area (Å²) in [5.74, 6) is 0.430. The van der Waals surface area contributed by atoms with E-state index in [0.29, 0.717) is 78.4 Å². The zero-order valence-electron chi connectivity index (χ0n) is 85.4. The Morgan fingerprint density at radius 3 is 0.723 bits per heavy atom. The first-order chi connectivity index (χ1) is 70.2. The minimum absolute atomic E-state index is 0. The van der Waals surface area contributed by atoms with Gasteiger partial charge in [-0.15, -0.1) is 0 Å². The van der Waals surface area contributed by atoms with Gasteiger partial charge >= 0.3 is 15.6 Å². The lowest BCUT2D eigenvalue weighted by atomic mass is 9.92. The molecule has 0 aliphatic heterocycles. The highest BCUT2D eigenvalue weighted by Gasteiger charge is 2.49. The van der Waals surface area contributed by atoms with Crippen LogP contribution in [0.15, 0.2) is 281 Å². The molecule has 12 radical (unpaired) electrons. The lowest BCUT2D eigenvalue weighted by molar-refractivity contribution is -0.0499. The Kier molecular flexibility index (Phi) is 42.0. The number of pyridine rings is 6. The zero-order valence-corrected chi connectivity index (χ0v) is 86.2. The van der Waals surface area contributed by atoms with Crippen molar-refractivity contribution in [1.82, 2.24) is 63.8 Å². The molecule has 7 aromatic carbocycles. The molecule has 19 aromatic rings. The monoisotopic (exact) mass is 2000 g/mol. The first-order valence-electron chi connectivity index (χ1n) is 46.6. The van der Waals surface area contributed by atoms with E-state index in [2.05, 4.69) is 186 Å². The third kappa shape index (κ3) is 29.2. The van der Waals surface area contributed by atoms with Crippen LogP contribution >= 0.6 is 0 Å². The minimum Gasteiger partial charge on any atom is -0.378 e. The second-order valence-electron chi connectivity index (χ2n) is 33.6. The van der Waals surface area contributed by atoms with Crippen molar-refractivity contribution in [3.63, 3.8) is 0 Å². The predicted octanol–water partition coefficient (Wildman–Crippen LogP) is 21.0. The molecule has 3 N–H and O–H groups in total. The van der Waals surface area contributed by atoms with E-state index < -0.39 is 21.4 Å². The van der Waals surface area contributed by atoms with Gasteiger partial charge in [0, 0.05) is 113 Å². The van der Waals surface area contributed by atoms with E-state index in [9.17, 15) is 51.4 Å². The topological polar surface area (TPSA) is 331 Å². The van der Waals surface area contributed by atoms with Crippen molar-refractivity contribution in [2.75, 3.05) is 38.0 Å². The molecule has 0 amide bonds. The largest absolute Gasteiger partial charge is 0.534 e. The third-order valence-corrected chi connectivity index (χ3v) is 23.0. The number of aromatic nitrogens is 12. The van der Waals surface area contributed by atoms with Crippen molar-refractivity contribution < 1.29 is 43.1 Å². The summed E-state index contributed by atoms with van der Waals surface area (Å²) >= 11 is 0. The number of alkyl halides is 3. The molecular formula is C112H118B6F5N21O3S. The fraction of sp³-hybridized carbons (Fsp3) is 0.196. The Hall–Kier alpha value is -17.0. The van der Waals surface area contributed by atoms with Crippen LogP contribution in [0.3, 0.4) is 0 Å². The van der Waals surface area contributed by atoms with Gasteiger partial charge in [-0.2, -0.15) is 83.8 Å². The molecular weight excluding hydrogens is 1880 g/mol. The molecule has 19 rings (SSSR count). The van der Waals surface area contributed by atoms with Gasteiger partial charge in [-0.3, -0.25) is 0 Å². The number of fused-ring (bicyclic) bond motifs is 6. The van der Waals surface area contributed by atoms with Crippen molar-refractivity contribution in [2.45, 2.75) is 120 Å². The van der Waals surface area contributed by atoms with Gasteiger partial charge in [-0.05, 0) is 131 Å². The van der Waals surface area contributed by atoms with Crippen molar-refractivity contribution in [2.24, 2.45) is 0 Å². The molecule has 12 heterocycles. The van der Waals surface area contributed by atoms with Gasteiger partial charge in [0.15, 0.2) is 5.75 Å². The van der Waals surface area contributed by atoms with Crippen molar-refractivity contribution in [3.8, 4) is 97.8 Å². The van der Waals surface area contributed by atoms with Gasteiger partial charge in [-0.1, -0.05) is 279 Å². The number of benzene rings is 7. The number of hydrogen-bond donors (Lipinski definition) is 1. The zero-order chi connectivity index (χ0) is 108. The molecule has 0 aliphatic rings. The number of rotatable bonds is 12. The Morgan fingerprint density at radius 2 is 0.514 bits per heavy atom. The number of aryl methyl sites for hydroxylation is 2. The summed E-state index contributed by atoms with van der Waals surface area (Å²) in [7, 11) is 37.1. The van der Waals surface area contributed by atoms with Crippen molar-refractivity contribution in [3.05, 3.63) is 353 Å². The highest BCUT2D eigenvalue weighted by molar-refractivity contribution is 7.88. The second-order valence-corrected chi connectivity index (χ2v) is 35.2. The lowest BCUT2D eigenvalue weighted by Gasteiger charge is -2.13. The van der Waals surface area contributed by atoms with Crippen LogP contribution in [0.2, 0.25) is 0 Å². The quantitative estimate of drug-likeness (QED) is 0.0514. The SMILES string of the molecule is CC.CC.CC.Cc1ccc(C(C)C)cc1.Cc1ccc(F)cc1.N.[2HH].[2HH].[2HH].[2HH].[2HH].[2HH].[B]c1cc(-c2ccc(C(C)C)cc2)c2c(C#N)cnn2c1.[B]c1cc(-c2ccc(C(C)C)cc2)c2c(C#N)cnn2c1.[B]c1cc(-c2ccc(F)cc2)c2c(C#N)cnn2c1.[B]c1cc(-c2ccc(N(C)C)cc2)c2c(C#N)cnn2c1.[B]c1cc(-c2ccc(N(C)C)cc2)c2c(C#N)cnn2c1.[B]c1cc(OS(=O)(=O)C(F)(F)F)c2c(C#N)cnn2c1. The summed E-state index contributed by atoms with van der Waals surface area (Å²) in [6.45, 7) is 29.1. The molecule has 148 heavy (non-hydrogen) atoms. The van der Waals surface area contributed by atoms with Crippen molar-refractivity contribution in [1.29, 1.82) is 31.6 Å². The highest BCUT2D eigenvalue weighted by atomic mass is 32.2. The first kappa shape index (κ1) is 116. The van der Waals surface area contributed by atoms with Gasteiger partial charge in [0.25, 0.3) is 0 Å². The fourth-order valence-electron chi connectivity index (χ4n) is 14.7. The summed E-state index contributed by atoms with van der Waals surface area (Å²) < 4.78 is 97.1. The van der Waals surface area contributed by atoms with Crippen LogP contribution in [0.4, 0.5) is 33.3 Å². The second kappa shape index (κ2) is 53.5. The van der Waals surface area contributed by atoms with E-state index in [4.69, 9.17) is 57.6 Å². The lowest BCUT2D eigenvalue weighted by Crippen LogP contribution is -2.28. The van der Waals surface area contributed by atoms with Crippen LogP contribution in [0, 0.1) is 93.5 Å². The molecule has 0 fully saturated rings. The number of nitriles is 6. The van der Waals surface area contributed by atoms with E-state index in [1.807, 2.05) is 159 Å². The molecule has 0 unspecified atom stereocenters. The van der Waals surface area contributed by atoms with Crippen LogP contribution in [0.1, 0.15) is 171 Å². The number of anilines is 2. The Bertz CT molecular complexity index is 7570. The summed E-state index contributed by atoms with van der Waals surface area (Å²) in [4.78, 5) is 4.08. The average Bonchev–Trinajstić information content (AvgIpc) is 1.64. The molecule has 0 bridgehead atoms. The van der Waals surface area contributed by atoms with Crippen molar-refractivity contribution >= 4 is 134 Å². The molecule has 0 saturated carbocycles. The Balaban J connectivity index is 0.000000593. The third-order valence-electron chi connectivity index (χ3n) is 22.0. The van der Waals surface area contributed by atoms with Gasteiger partial charge in [0.2, 0.25) is 0 Å². The van der Waals surface area contributed by atoms with Gasteiger partial charge in [0.05, 0.1) is 92.6 Å². The van der Waals surface area contributed by atoms with Gasteiger partial charge < -0.3 is 20.1 Å². The highest BCUT2D eigenvalue weighted by Crippen LogP contribution is 2.36. The Labute approximate surface area is 877 Å². The molecule has 748 valence electrons. The standard InChI is InChI=1S/2C17H14BN3.2C16H13BN4.C14H7BFN3.C10H14.C9H3BF3N3O3S.C7H7F.3C2H6.H3N.6H2/c2*1-11(2)12-3-5-13(6-4-12)16-7-15(18)10-21-17(16)14(8-19)9-20-21;2*1-20(2)14-5-3-11(4-6-14)15-7-13(17)10-21-16(15)12(8-18)9-19-21;15-11-5-13(9-1-3-12(16)4-2-9)14-10(6-17)7-18-19(14)8-11;1-8(2)10-6-4-9(3)5-7-10;10-6-1-7(19-20(17,18)9(11,12)13)8-5(2-14)3-15-16(8)4-6;1-6-2-4-7(8)5-3-6;3*1-2;;;;;;;/h2*3-7,9-11H,1-2H3;2*3-7,9-10H,1-2H3;1-5,7-8H;4-8H,1-3H3;1,3-4H;2-5H,1H3;3*1-2H3;1H3;6*1H/i;;;;;;;;;;;;6*1+1. The molecule has 0 aliphatic carbocycles. The first-order valence-corrected chi connectivity index (χ1v) is 48.0. The molecule has 0 saturated heterocycles. The van der Waals surface area contributed by atoms with Gasteiger partial charge in [0.1, 0.15) is 106 Å². The summed E-state index contributed by atoms with van der Waals surface area (Å²) in [6, 6.07) is 76.8. The normalized spacial score (nSPS) is 10.4. The predicted molar refractivity (Wildman–Crippen MR) is 599 cm³/mol. The van der Waals surface area contributed by atoms with E-state index in [-0.39, 0.29) is 42.9 Å². The maximum absolute atomic E-state index is 13.0. The molecule has 12 aromatic heterocycles. The van der Waals surface area contributed by atoms with Gasteiger partial charge in [-0.25, -0.2) is 35.9 Å². The minimum atomic E-state index is -5.87. The number of halogens is 5. The smallest absolute Gasteiger partial charge is 0.378 e. The molecule has 24 nitrogen and oxygen atoms in total. The van der Waals surface area contributed by atoms with Crippen LogP contribution < -0.4 is 52.9 Å². The van der Waals surface area contributed by atoms with Crippen LogP contribution in [0.25, 0.3) is 88.7 Å². The number of nitrogens with zero attached hydrogens (tertiary/aromatic N) is 20. The maximum atomic E-state index is 13.0. The molecule has 0 spiro atoms. The Morgan fingerprint density at radius 1 is 0.324 bits per heavy atom. The fourth-order valence-corrected chi connectivity index (χ4v) is 15.2. The van der Waals surface area contributed by atoms with Crippen LogP contribution in [-0.4, -0.2) is 147 Å². The van der Waals surface area contributed by atoms with E-state index in [1.54, 1.807) is 115 Å². The van der Waals surface area contributed by atoms with E-state index >= 15 is 0 Å². The van der Waals surface area contributed by atoms with E-state index in [1.165, 1.54) is 58.9 Å². The summed E-state index contributed by atoms with van der Waals surface area (Å²) in [5, 5.41) is 79.4. The summed E-state index contributed by atoms with van der Waals surface area (Å²) in [6.07, 6.45) is 18.5. The number of hydrogen-bond acceptors (Lipinski definition) is 18. The average molecular weight is 2000 g/mol. The van der Waals surface area contributed by atoms with Crippen LogP contribution in [-0.2, 0) is 10.1 Å². The molecule has 0 atom stereocenters. The molecule has 36 heteroatoms. The van der Waals surface area contributed by atoms with Crippen LogP contribution in [0.5, 0.6) is 5.75 Å². The maximum Gasteiger partial charge on any atom is 0.534 e. The summed E-state index contributed by atoms with van der Waals surface area (Å²) in [5.41, 5.74) is 21.4.